The van der Waals surface area contributed by atoms with E-state index >= 15 is 0 Å². The number of nitrogens with zero attached hydrogens (tertiary/aromatic N) is 1. The van der Waals surface area contributed by atoms with Crippen LogP contribution in [0.4, 0.5) is 4.79 Å². The van der Waals surface area contributed by atoms with Crippen LogP contribution >= 0.6 is 0 Å². The van der Waals surface area contributed by atoms with Crippen LogP contribution in [0.25, 0.3) is 0 Å². The summed E-state index contributed by atoms with van der Waals surface area (Å²) in [6.07, 6.45) is 11.2. The minimum Gasteiger partial charge on any atom is -0.507 e. The number of para-hydroxylation sites is 1. The third kappa shape index (κ3) is 11.1. The van der Waals surface area contributed by atoms with Crippen LogP contribution in [-0.2, 0) is 14.3 Å². The molecule has 0 spiro atoms. The smallest absolute Gasteiger partial charge is 0.408 e. The van der Waals surface area contributed by atoms with E-state index in [9.17, 15) is 19.5 Å². The fourth-order valence-corrected chi connectivity index (χ4v) is 5.61. The summed E-state index contributed by atoms with van der Waals surface area (Å²) in [5, 5.41) is 17.2. The molecule has 3 N–H and O–H groups in total. The highest BCUT2D eigenvalue weighted by atomic mass is 16.6. The summed E-state index contributed by atoms with van der Waals surface area (Å²) in [4.78, 5) is 43.1. The summed E-state index contributed by atoms with van der Waals surface area (Å²) < 4.78 is 5.52. The molecule has 0 saturated heterocycles. The lowest BCUT2D eigenvalue weighted by Crippen LogP contribution is -2.56. The summed E-state index contributed by atoms with van der Waals surface area (Å²) in [5.74, 6) is -0.816. The van der Waals surface area contributed by atoms with Gasteiger partial charge in [0.05, 0.1) is 0 Å². The van der Waals surface area contributed by atoms with Gasteiger partial charge in [0.15, 0.2) is 0 Å². The molecule has 1 aromatic rings. The van der Waals surface area contributed by atoms with Crippen molar-refractivity contribution in [2.24, 2.45) is 5.92 Å². The first-order valence-electron chi connectivity index (χ1n) is 16.3. The van der Waals surface area contributed by atoms with Crippen molar-refractivity contribution < 1.29 is 24.2 Å². The zero-order valence-corrected chi connectivity index (χ0v) is 27.3. The Morgan fingerprint density at radius 3 is 2.29 bits per heavy atom. The van der Waals surface area contributed by atoms with Crippen molar-refractivity contribution in [3.63, 3.8) is 0 Å². The molecule has 8 nitrogen and oxygen atoms in total. The summed E-state index contributed by atoms with van der Waals surface area (Å²) in [5.41, 5.74) is 0.323. The van der Waals surface area contributed by atoms with E-state index in [1.54, 1.807) is 44.7 Å². The first-order chi connectivity index (χ1) is 19.9. The molecule has 1 aromatic carbocycles. The van der Waals surface area contributed by atoms with Gasteiger partial charge >= 0.3 is 6.09 Å². The average molecular weight is 588 g/mol. The van der Waals surface area contributed by atoms with E-state index in [0.717, 1.165) is 64.2 Å². The van der Waals surface area contributed by atoms with Crippen molar-refractivity contribution in [1.82, 2.24) is 15.5 Å². The molecule has 1 saturated carbocycles. The minimum absolute atomic E-state index is 0.0160. The molecule has 0 bridgehead atoms. The fourth-order valence-electron chi connectivity index (χ4n) is 5.61. The molecule has 0 radical (unpaired) electrons. The molecule has 2 rings (SSSR count). The van der Waals surface area contributed by atoms with Crippen LogP contribution in [0.3, 0.4) is 0 Å². The number of hydrogen-bond donors (Lipinski definition) is 3. The molecule has 3 amide bonds. The van der Waals surface area contributed by atoms with Gasteiger partial charge in [0.2, 0.25) is 11.8 Å². The molecular weight excluding hydrogens is 530 g/mol. The number of nitrogens with one attached hydrogen (secondary N) is 2. The molecular formula is C34H57N3O5. The molecule has 1 aliphatic rings. The average Bonchev–Trinajstić information content (AvgIpc) is 2.93. The number of rotatable bonds is 15. The van der Waals surface area contributed by atoms with Crippen LogP contribution in [0.5, 0.6) is 5.75 Å². The summed E-state index contributed by atoms with van der Waals surface area (Å²) in [6, 6.07) is 3.46. The SMILES string of the molecule is CCCCCCCCN(C(=O)C(NC(=O)OC(C)(C)C)C(C)CC)C(C(=O)NC1CCCCC1)c1cccc(C)c1O. The number of phenolic OH excluding ortho intramolecular Hbond substituents is 1. The Morgan fingerprint density at radius 2 is 1.67 bits per heavy atom. The zero-order valence-electron chi connectivity index (χ0n) is 27.3. The van der Waals surface area contributed by atoms with Gasteiger partial charge in [0.25, 0.3) is 0 Å². The predicted molar refractivity (Wildman–Crippen MR) is 168 cm³/mol. The van der Waals surface area contributed by atoms with Crippen LogP contribution < -0.4 is 10.6 Å². The number of aryl methyl sites for hydroxylation is 1. The van der Waals surface area contributed by atoms with Crippen molar-refractivity contribution in [3.8, 4) is 5.75 Å². The van der Waals surface area contributed by atoms with Gasteiger partial charge in [-0.3, -0.25) is 9.59 Å². The Bertz CT molecular complexity index is 999. The third-order valence-corrected chi connectivity index (χ3v) is 8.26. The molecule has 3 unspecified atom stereocenters. The van der Waals surface area contributed by atoms with Gasteiger partial charge in [-0.2, -0.15) is 0 Å². The standard InChI is InChI=1S/C34H57N3O5/c1-8-10-11-12-13-17-23-37(32(40)28(24(3)9-2)36-33(41)42-34(5,6)7)29(27-22-18-19-25(4)30(27)38)31(39)35-26-20-15-14-16-21-26/h18-19,22,24,26,28-29,38H,8-17,20-21,23H2,1-7H3,(H,35,39)(H,36,41). The second-order valence-electron chi connectivity index (χ2n) is 13.1. The van der Waals surface area contributed by atoms with Crippen molar-refractivity contribution in [3.05, 3.63) is 29.3 Å². The van der Waals surface area contributed by atoms with Gasteiger partial charge < -0.3 is 25.4 Å². The number of carbonyl (C=O) groups excluding carboxylic acids is 3. The van der Waals surface area contributed by atoms with E-state index in [1.165, 1.54) is 6.42 Å². The van der Waals surface area contributed by atoms with E-state index in [1.807, 2.05) is 19.9 Å². The Morgan fingerprint density at radius 1 is 1.02 bits per heavy atom. The maximum absolute atomic E-state index is 14.5. The second-order valence-corrected chi connectivity index (χ2v) is 13.1. The Labute approximate surface area is 254 Å². The van der Waals surface area contributed by atoms with Crippen LogP contribution in [-0.4, -0.2) is 52.1 Å². The number of phenols is 1. The first kappa shape index (κ1) is 35.4. The molecule has 1 aliphatic carbocycles. The van der Waals surface area contributed by atoms with E-state index in [4.69, 9.17) is 4.74 Å². The van der Waals surface area contributed by atoms with Crippen molar-refractivity contribution >= 4 is 17.9 Å². The van der Waals surface area contributed by atoms with Crippen LogP contribution in [0.2, 0.25) is 0 Å². The lowest BCUT2D eigenvalue weighted by Gasteiger charge is -2.37. The Kier molecular flexibility index (Phi) is 14.7. The molecule has 0 aromatic heterocycles. The molecule has 238 valence electrons. The van der Waals surface area contributed by atoms with E-state index in [2.05, 4.69) is 17.6 Å². The molecule has 8 heteroatoms. The van der Waals surface area contributed by atoms with Gasteiger partial charge in [0, 0.05) is 18.2 Å². The number of hydrogen-bond acceptors (Lipinski definition) is 5. The lowest BCUT2D eigenvalue weighted by molar-refractivity contribution is -0.144. The minimum atomic E-state index is -1.03. The predicted octanol–water partition coefficient (Wildman–Crippen LogP) is 7.32. The van der Waals surface area contributed by atoms with Crippen molar-refractivity contribution in [1.29, 1.82) is 0 Å². The lowest BCUT2D eigenvalue weighted by atomic mass is 9.93. The van der Waals surface area contributed by atoms with Gasteiger partial charge in [-0.15, -0.1) is 0 Å². The largest absolute Gasteiger partial charge is 0.507 e. The first-order valence-corrected chi connectivity index (χ1v) is 16.3. The Hall–Kier alpha value is -2.77. The van der Waals surface area contributed by atoms with Crippen molar-refractivity contribution in [2.75, 3.05) is 6.54 Å². The van der Waals surface area contributed by atoms with Gasteiger partial charge in [-0.25, -0.2) is 4.79 Å². The van der Waals surface area contributed by atoms with Crippen LogP contribution in [0, 0.1) is 12.8 Å². The number of unbranched alkanes of at least 4 members (excludes halogenated alkanes) is 5. The van der Waals surface area contributed by atoms with Gasteiger partial charge in [0.1, 0.15) is 23.4 Å². The van der Waals surface area contributed by atoms with Gasteiger partial charge in [-0.05, 0) is 58.4 Å². The van der Waals surface area contributed by atoms with Crippen LogP contribution in [0.15, 0.2) is 18.2 Å². The van der Waals surface area contributed by atoms with E-state index in [-0.39, 0.29) is 29.5 Å². The fraction of sp³-hybridized carbons (Fsp3) is 0.735. The highest BCUT2D eigenvalue weighted by Crippen LogP contribution is 2.34. The molecule has 42 heavy (non-hydrogen) atoms. The highest BCUT2D eigenvalue weighted by Gasteiger charge is 2.39. The molecule has 3 atom stereocenters. The number of aromatic hydroxyl groups is 1. The summed E-state index contributed by atoms with van der Waals surface area (Å²) >= 11 is 0. The van der Waals surface area contributed by atoms with E-state index in [0.29, 0.717) is 24.1 Å². The summed E-state index contributed by atoms with van der Waals surface area (Å²) in [6.45, 7) is 13.5. The molecule has 0 heterocycles. The zero-order chi connectivity index (χ0) is 31.3. The topological polar surface area (TPSA) is 108 Å². The normalized spacial score (nSPS) is 16.3. The maximum Gasteiger partial charge on any atom is 0.408 e. The molecule has 0 aliphatic heterocycles. The monoisotopic (exact) mass is 587 g/mol. The Balaban J connectivity index is 2.51. The number of amides is 3. The van der Waals surface area contributed by atoms with Crippen molar-refractivity contribution in [2.45, 2.75) is 149 Å². The molecule has 1 fully saturated rings. The highest BCUT2D eigenvalue weighted by molar-refractivity contribution is 5.93. The number of alkyl carbamates (subject to hydrolysis) is 1. The number of benzene rings is 1. The second kappa shape index (κ2) is 17.4. The number of ether oxygens (including phenoxy) is 1. The summed E-state index contributed by atoms with van der Waals surface area (Å²) in [7, 11) is 0. The van der Waals surface area contributed by atoms with Crippen LogP contribution in [0.1, 0.15) is 136 Å². The quantitative estimate of drug-likeness (QED) is 0.186. The van der Waals surface area contributed by atoms with Gasteiger partial charge in [-0.1, -0.05) is 96.8 Å². The third-order valence-electron chi connectivity index (χ3n) is 8.26. The maximum atomic E-state index is 14.5. The number of carbonyl (C=O) groups is 3. The van der Waals surface area contributed by atoms with E-state index < -0.39 is 23.8 Å².